The molecular formula is C31H31N3O. The molecule has 1 aliphatic rings. The molecule has 0 atom stereocenters. The maximum absolute atomic E-state index is 5.89. The van der Waals surface area contributed by atoms with E-state index in [0.717, 1.165) is 37.5 Å². The summed E-state index contributed by atoms with van der Waals surface area (Å²) < 4.78 is 5.89. The second-order valence-corrected chi connectivity index (χ2v) is 8.80. The molecule has 0 aliphatic carbocycles. The molecule has 0 unspecified atom stereocenters. The van der Waals surface area contributed by atoms with Crippen molar-refractivity contribution < 1.29 is 4.74 Å². The van der Waals surface area contributed by atoms with E-state index in [0.29, 0.717) is 6.61 Å². The minimum absolute atomic E-state index is 0.270. The number of nitrogens with zero attached hydrogens (tertiary/aromatic N) is 3. The van der Waals surface area contributed by atoms with Crippen LogP contribution in [0.15, 0.2) is 120 Å². The van der Waals surface area contributed by atoms with E-state index >= 15 is 0 Å². The highest BCUT2D eigenvalue weighted by Crippen LogP contribution is 2.29. The molecule has 0 amide bonds. The SMILES string of the molecule is C(=N\N1CCN(C(c2ccccc2)c2ccccc2)CC1)/c1ccc(OCc2ccccc2)cc1. The van der Waals surface area contributed by atoms with Gasteiger partial charge in [0.05, 0.1) is 12.3 Å². The summed E-state index contributed by atoms with van der Waals surface area (Å²) in [6.07, 6.45) is 1.95. The molecule has 1 saturated heterocycles. The lowest BCUT2D eigenvalue weighted by Gasteiger charge is -2.38. The van der Waals surface area contributed by atoms with E-state index in [2.05, 4.69) is 94.8 Å². The van der Waals surface area contributed by atoms with Gasteiger partial charge in [-0.15, -0.1) is 0 Å². The van der Waals surface area contributed by atoms with Crippen LogP contribution in [-0.2, 0) is 6.61 Å². The third-order valence-electron chi connectivity index (χ3n) is 6.38. The summed E-state index contributed by atoms with van der Waals surface area (Å²) in [7, 11) is 0. The highest BCUT2D eigenvalue weighted by atomic mass is 16.5. The van der Waals surface area contributed by atoms with Crippen LogP contribution < -0.4 is 4.74 Å². The first kappa shape index (κ1) is 22.9. The first-order chi connectivity index (χ1) is 17.3. The van der Waals surface area contributed by atoms with Crippen molar-refractivity contribution in [1.29, 1.82) is 0 Å². The van der Waals surface area contributed by atoms with Gasteiger partial charge in [0, 0.05) is 26.2 Å². The average molecular weight is 462 g/mol. The molecule has 35 heavy (non-hydrogen) atoms. The third kappa shape index (κ3) is 6.17. The average Bonchev–Trinajstić information content (AvgIpc) is 2.94. The van der Waals surface area contributed by atoms with Crippen LogP contribution in [0.5, 0.6) is 5.75 Å². The lowest BCUT2D eigenvalue weighted by molar-refractivity contribution is 0.113. The minimum atomic E-state index is 0.270. The van der Waals surface area contributed by atoms with Gasteiger partial charge in [-0.05, 0) is 46.5 Å². The van der Waals surface area contributed by atoms with Crippen LogP contribution >= 0.6 is 0 Å². The molecule has 1 aliphatic heterocycles. The van der Waals surface area contributed by atoms with Gasteiger partial charge in [0.25, 0.3) is 0 Å². The summed E-state index contributed by atoms with van der Waals surface area (Å²) in [5.74, 6) is 0.868. The molecule has 4 heteroatoms. The third-order valence-corrected chi connectivity index (χ3v) is 6.38. The highest BCUT2D eigenvalue weighted by molar-refractivity contribution is 5.79. The van der Waals surface area contributed by atoms with E-state index in [1.807, 2.05) is 36.5 Å². The van der Waals surface area contributed by atoms with Crippen LogP contribution in [0, 0.1) is 0 Å². The summed E-state index contributed by atoms with van der Waals surface area (Å²) >= 11 is 0. The van der Waals surface area contributed by atoms with E-state index in [1.54, 1.807) is 0 Å². The van der Waals surface area contributed by atoms with E-state index in [1.165, 1.54) is 16.7 Å². The Morgan fingerprint density at radius 3 is 1.77 bits per heavy atom. The largest absolute Gasteiger partial charge is 0.489 e. The van der Waals surface area contributed by atoms with Crippen LogP contribution in [-0.4, -0.2) is 42.3 Å². The molecule has 4 aromatic rings. The smallest absolute Gasteiger partial charge is 0.119 e. The van der Waals surface area contributed by atoms with Gasteiger partial charge >= 0.3 is 0 Å². The Morgan fingerprint density at radius 2 is 1.20 bits per heavy atom. The fourth-order valence-electron chi connectivity index (χ4n) is 4.51. The zero-order chi connectivity index (χ0) is 23.7. The quantitative estimate of drug-likeness (QED) is 0.301. The van der Waals surface area contributed by atoms with Gasteiger partial charge in [-0.2, -0.15) is 5.10 Å². The lowest BCUT2D eigenvalue weighted by Crippen LogP contribution is -2.45. The van der Waals surface area contributed by atoms with Crippen molar-refractivity contribution in [3.8, 4) is 5.75 Å². The Bertz CT molecular complexity index is 1150. The van der Waals surface area contributed by atoms with Gasteiger partial charge in [-0.1, -0.05) is 91.0 Å². The molecule has 4 nitrogen and oxygen atoms in total. The van der Waals surface area contributed by atoms with Gasteiger partial charge in [0.2, 0.25) is 0 Å². The molecule has 1 heterocycles. The summed E-state index contributed by atoms with van der Waals surface area (Å²) in [5.41, 5.74) is 4.92. The fourth-order valence-corrected chi connectivity index (χ4v) is 4.51. The zero-order valence-electron chi connectivity index (χ0n) is 19.9. The van der Waals surface area contributed by atoms with Gasteiger partial charge in [-0.25, -0.2) is 0 Å². The van der Waals surface area contributed by atoms with Crippen molar-refractivity contribution in [1.82, 2.24) is 9.91 Å². The number of benzene rings is 4. The molecule has 0 saturated carbocycles. The number of hydrogen-bond donors (Lipinski definition) is 0. The van der Waals surface area contributed by atoms with E-state index in [-0.39, 0.29) is 6.04 Å². The Hall–Kier alpha value is -3.89. The molecule has 0 bridgehead atoms. The Morgan fingerprint density at radius 1 is 0.657 bits per heavy atom. The van der Waals surface area contributed by atoms with Crippen LogP contribution in [0.1, 0.15) is 28.3 Å². The van der Waals surface area contributed by atoms with E-state index in [4.69, 9.17) is 9.84 Å². The molecule has 4 aromatic carbocycles. The predicted molar refractivity (Wildman–Crippen MR) is 143 cm³/mol. The van der Waals surface area contributed by atoms with Crippen molar-refractivity contribution in [3.05, 3.63) is 138 Å². The second kappa shape index (κ2) is 11.5. The number of piperazine rings is 1. The maximum Gasteiger partial charge on any atom is 0.119 e. The normalized spacial score (nSPS) is 14.5. The molecule has 0 N–H and O–H groups in total. The monoisotopic (exact) mass is 461 g/mol. The number of hydrogen-bond acceptors (Lipinski definition) is 4. The molecule has 176 valence electrons. The second-order valence-electron chi connectivity index (χ2n) is 8.80. The van der Waals surface area contributed by atoms with Crippen LogP contribution in [0.25, 0.3) is 0 Å². The summed E-state index contributed by atoms with van der Waals surface area (Å²) in [5, 5.41) is 6.93. The molecular weight excluding hydrogens is 430 g/mol. The van der Waals surface area contributed by atoms with Crippen molar-refractivity contribution in [2.45, 2.75) is 12.6 Å². The van der Waals surface area contributed by atoms with Crippen LogP contribution in [0.2, 0.25) is 0 Å². The zero-order valence-corrected chi connectivity index (χ0v) is 19.9. The first-order valence-corrected chi connectivity index (χ1v) is 12.2. The van der Waals surface area contributed by atoms with Gasteiger partial charge in [-0.3, -0.25) is 9.91 Å². The van der Waals surface area contributed by atoms with Crippen LogP contribution in [0.3, 0.4) is 0 Å². The number of rotatable bonds is 8. The topological polar surface area (TPSA) is 28.1 Å². The fraction of sp³-hybridized carbons (Fsp3) is 0.194. The predicted octanol–water partition coefficient (Wildman–Crippen LogP) is 6.01. The molecule has 0 radical (unpaired) electrons. The molecule has 5 rings (SSSR count). The van der Waals surface area contributed by atoms with Crippen molar-refractivity contribution in [2.24, 2.45) is 5.10 Å². The van der Waals surface area contributed by atoms with Crippen molar-refractivity contribution in [2.75, 3.05) is 26.2 Å². The van der Waals surface area contributed by atoms with Crippen molar-refractivity contribution in [3.63, 3.8) is 0 Å². The van der Waals surface area contributed by atoms with E-state index in [9.17, 15) is 0 Å². The number of ether oxygens (including phenoxy) is 1. The minimum Gasteiger partial charge on any atom is -0.489 e. The van der Waals surface area contributed by atoms with Gasteiger partial charge in [0.15, 0.2) is 0 Å². The van der Waals surface area contributed by atoms with Gasteiger partial charge in [0.1, 0.15) is 12.4 Å². The maximum atomic E-state index is 5.89. The lowest BCUT2D eigenvalue weighted by atomic mass is 9.96. The molecule has 0 spiro atoms. The number of hydrazone groups is 1. The first-order valence-electron chi connectivity index (χ1n) is 12.2. The Labute approximate surface area is 208 Å². The van der Waals surface area contributed by atoms with Crippen molar-refractivity contribution >= 4 is 6.21 Å². The van der Waals surface area contributed by atoms with Gasteiger partial charge < -0.3 is 4.74 Å². The Kier molecular flexibility index (Phi) is 7.52. The molecule has 1 fully saturated rings. The highest BCUT2D eigenvalue weighted by Gasteiger charge is 2.25. The Balaban J connectivity index is 1.17. The standard InChI is InChI=1S/C31H31N3O/c1-4-10-27(11-5-1)25-35-30-18-16-26(17-19-30)24-32-34-22-20-33(21-23-34)31(28-12-6-2-7-13-28)29-14-8-3-9-15-29/h1-19,24,31H,20-23,25H2/b32-24+. The van der Waals surface area contributed by atoms with E-state index < -0.39 is 0 Å². The van der Waals surface area contributed by atoms with Crippen LogP contribution in [0.4, 0.5) is 0 Å². The summed E-state index contributed by atoms with van der Waals surface area (Å²) in [6, 6.07) is 40.2. The molecule has 0 aromatic heterocycles. The summed E-state index contributed by atoms with van der Waals surface area (Å²) in [4.78, 5) is 2.57. The summed E-state index contributed by atoms with van der Waals surface area (Å²) in [6.45, 7) is 4.33.